The first kappa shape index (κ1) is 26.4. The number of carbonyl (C=O) groups is 2. The average molecular weight is 506 g/mol. The highest BCUT2D eigenvalue weighted by molar-refractivity contribution is 7.89. The molecule has 12 heteroatoms. The van der Waals surface area contributed by atoms with Crippen LogP contribution in [0.4, 0.5) is 18.0 Å². The van der Waals surface area contributed by atoms with Crippen molar-refractivity contribution in [3.63, 3.8) is 0 Å². The minimum absolute atomic E-state index is 0.0239. The molecule has 0 bridgehead atoms. The molecule has 0 radical (unpaired) electrons. The second-order valence-electron chi connectivity index (χ2n) is 9.15. The number of sulfonamides is 1. The van der Waals surface area contributed by atoms with E-state index in [1.54, 1.807) is 0 Å². The molecular formula is C22H30F3N3O5S. The Morgan fingerprint density at radius 2 is 1.97 bits per heavy atom. The predicted octanol–water partition coefficient (Wildman–Crippen LogP) is 3.04. The number of nitrogens with zero attached hydrogens (tertiary/aromatic N) is 2. The van der Waals surface area contributed by atoms with E-state index in [2.05, 4.69) is 5.32 Å². The van der Waals surface area contributed by atoms with Crippen LogP contribution in [0.1, 0.15) is 38.2 Å². The molecule has 2 aliphatic rings. The van der Waals surface area contributed by atoms with E-state index in [4.69, 9.17) is 0 Å². The highest BCUT2D eigenvalue weighted by Gasteiger charge is 2.46. The molecule has 1 heterocycles. The van der Waals surface area contributed by atoms with Crippen LogP contribution in [-0.4, -0.2) is 73.4 Å². The molecule has 1 unspecified atom stereocenters. The minimum Gasteiger partial charge on any atom is -0.465 e. The van der Waals surface area contributed by atoms with Gasteiger partial charge in [0.15, 0.2) is 0 Å². The van der Waals surface area contributed by atoms with Crippen molar-refractivity contribution >= 4 is 21.9 Å². The Morgan fingerprint density at radius 3 is 2.59 bits per heavy atom. The van der Waals surface area contributed by atoms with Crippen LogP contribution in [0.3, 0.4) is 0 Å². The number of carbonyl (C=O) groups excluding carboxylic acids is 1. The van der Waals surface area contributed by atoms with Gasteiger partial charge < -0.3 is 20.1 Å². The first-order valence-corrected chi connectivity index (χ1v) is 12.6. The summed E-state index contributed by atoms with van der Waals surface area (Å²) < 4.78 is 66.5. The molecular weight excluding hydrogens is 475 g/mol. The van der Waals surface area contributed by atoms with E-state index in [1.165, 1.54) is 29.2 Å². The van der Waals surface area contributed by atoms with Crippen molar-refractivity contribution in [2.24, 2.45) is 11.8 Å². The monoisotopic (exact) mass is 505 g/mol. The van der Waals surface area contributed by atoms with Crippen molar-refractivity contribution in [1.29, 1.82) is 0 Å². The van der Waals surface area contributed by atoms with Gasteiger partial charge in [-0.25, -0.2) is 13.2 Å². The molecule has 1 amide bonds. The number of benzene rings is 1. The summed E-state index contributed by atoms with van der Waals surface area (Å²) in [6.07, 6.45) is -3.54. The molecule has 1 aromatic rings. The Balaban J connectivity index is 1.67. The number of hydrogen-bond donors (Lipinski definition) is 2. The van der Waals surface area contributed by atoms with Crippen molar-refractivity contribution in [2.75, 3.05) is 26.7 Å². The highest BCUT2D eigenvalue weighted by Crippen LogP contribution is 2.40. The highest BCUT2D eigenvalue weighted by atomic mass is 32.2. The van der Waals surface area contributed by atoms with E-state index in [0.717, 1.165) is 25.0 Å². The van der Waals surface area contributed by atoms with Crippen LogP contribution in [0.15, 0.2) is 29.2 Å². The lowest BCUT2D eigenvalue weighted by atomic mass is 9.97. The molecule has 8 nitrogen and oxygen atoms in total. The standard InChI is InChI=1S/C22H30F3N3O5S/c1-14(29)6-8-17(27(2)21(30)31)11-26-20-9-7-15-12-28(13-19(15)20)34(32,33)18-5-3-4-16(10-18)22(23,24)25/h3-5,10,15,17,19-20,26H,6-9,11-13H2,1-2H3,(H,30,31)/t15-,17?,19+,20+/m1/s1. The normalized spacial score (nSPS) is 24.1. The molecule has 1 saturated carbocycles. The fraction of sp³-hybridized carbons (Fsp3) is 0.636. The van der Waals surface area contributed by atoms with Gasteiger partial charge in [0.25, 0.3) is 0 Å². The maximum atomic E-state index is 13.1. The van der Waals surface area contributed by atoms with Gasteiger partial charge in [-0.05, 0) is 56.2 Å². The topological polar surface area (TPSA) is 107 Å². The quantitative estimate of drug-likeness (QED) is 0.534. The van der Waals surface area contributed by atoms with E-state index in [1.807, 2.05) is 0 Å². The third-order valence-electron chi connectivity index (χ3n) is 6.92. The van der Waals surface area contributed by atoms with Crippen molar-refractivity contribution in [3.05, 3.63) is 29.8 Å². The summed E-state index contributed by atoms with van der Waals surface area (Å²) in [7, 11) is -2.63. The van der Waals surface area contributed by atoms with Crippen LogP contribution in [0.2, 0.25) is 0 Å². The summed E-state index contributed by atoms with van der Waals surface area (Å²) in [5.41, 5.74) is -1.01. The largest absolute Gasteiger partial charge is 0.465 e. The van der Waals surface area contributed by atoms with Gasteiger partial charge in [0, 0.05) is 45.2 Å². The molecule has 1 aliphatic heterocycles. The number of nitrogens with one attached hydrogen (secondary N) is 1. The maximum absolute atomic E-state index is 13.1. The van der Waals surface area contributed by atoms with Gasteiger partial charge in [-0.2, -0.15) is 17.5 Å². The van der Waals surface area contributed by atoms with Crippen LogP contribution < -0.4 is 5.32 Å². The number of hydrogen-bond acceptors (Lipinski definition) is 5. The smallest absolute Gasteiger partial charge is 0.416 e. The van der Waals surface area contributed by atoms with Gasteiger partial charge in [-0.1, -0.05) is 6.07 Å². The molecule has 1 aromatic carbocycles. The molecule has 1 aliphatic carbocycles. The van der Waals surface area contributed by atoms with Gasteiger partial charge in [0.05, 0.1) is 10.5 Å². The Bertz CT molecular complexity index is 1020. The maximum Gasteiger partial charge on any atom is 0.416 e. The fourth-order valence-electron chi connectivity index (χ4n) is 4.90. The van der Waals surface area contributed by atoms with Crippen LogP contribution >= 0.6 is 0 Å². The van der Waals surface area contributed by atoms with E-state index in [0.29, 0.717) is 19.0 Å². The molecule has 0 aromatic heterocycles. The number of likely N-dealkylation sites (N-methyl/N-ethyl adjacent to an activating group) is 1. The summed E-state index contributed by atoms with van der Waals surface area (Å²) in [4.78, 5) is 23.6. The number of amides is 1. The summed E-state index contributed by atoms with van der Waals surface area (Å²) in [5.74, 6) is 0.0195. The van der Waals surface area contributed by atoms with Crippen LogP contribution in [0, 0.1) is 11.8 Å². The zero-order valence-corrected chi connectivity index (χ0v) is 19.9. The number of ketones is 1. The van der Waals surface area contributed by atoms with Crippen LogP contribution in [0.25, 0.3) is 0 Å². The van der Waals surface area contributed by atoms with Crippen molar-refractivity contribution < 1.29 is 36.3 Å². The Kier molecular flexibility index (Phi) is 7.93. The summed E-state index contributed by atoms with van der Waals surface area (Å²) in [6.45, 7) is 2.20. The first-order valence-electron chi connectivity index (χ1n) is 11.2. The van der Waals surface area contributed by atoms with E-state index < -0.39 is 33.9 Å². The van der Waals surface area contributed by atoms with Crippen LogP contribution in [-0.2, 0) is 21.0 Å². The first-order chi connectivity index (χ1) is 15.8. The Labute approximate surface area is 197 Å². The van der Waals surface area contributed by atoms with Crippen LogP contribution in [0.5, 0.6) is 0 Å². The van der Waals surface area contributed by atoms with Crippen molar-refractivity contribution in [3.8, 4) is 0 Å². The molecule has 2 N–H and O–H groups in total. The van der Waals surface area contributed by atoms with Gasteiger partial charge in [0.2, 0.25) is 10.0 Å². The number of halogens is 3. The zero-order chi connectivity index (χ0) is 25.3. The van der Waals surface area contributed by atoms with Gasteiger partial charge in [-0.3, -0.25) is 0 Å². The lowest BCUT2D eigenvalue weighted by Gasteiger charge is -2.29. The number of Topliss-reactive ketones (excluding diaryl/α,β-unsaturated/α-hetero) is 1. The van der Waals surface area contributed by atoms with Crippen molar-refractivity contribution in [2.45, 2.75) is 55.8 Å². The van der Waals surface area contributed by atoms with Gasteiger partial charge in [-0.15, -0.1) is 0 Å². The number of alkyl halides is 3. The summed E-state index contributed by atoms with van der Waals surface area (Å²) in [5, 5.41) is 12.7. The van der Waals surface area contributed by atoms with E-state index in [9.17, 15) is 36.3 Å². The van der Waals surface area contributed by atoms with Gasteiger partial charge in [0.1, 0.15) is 5.78 Å². The lowest BCUT2D eigenvalue weighted by molar-refractivity contribution is -0.137. The van der Waals surface area contributed by atoms with E-state index >= 15 is 0 Å². The molecule has 1 saturated heterocycles. The zero-order valence-electron chi connectivity index (χ0n) is 19.1. The Hall–Kier alpha value is -2.18. The molecule has 34 heavy (non-hydrogen) atoms. The number of rotatable bonds is 9. The lowest BCUT2D eigenvalue weighted by Crippen LogP contribution is -2.47. The number of carboxylic acid groups (broad SMARTS) is 1. The second-order valence-corrected chi connectivity index (χ2v) is 11.1. The SMILES string of the molecule is CC(=O)CCC(CN[C@H]1CC[C@@H]2CN(S(=O)(=O)c3cccc(C(F)(F)F)c3)C[C@@H]21)N(C)C(=O)O. The Morgan fingerprint density at radius 1 is 1.26 bits per heavy atom. The summed E-state index contributed by atoms with van der Waals surface area (Å²) in [6, 6.07) is 3.32. The molecule has 2 fully saturated rings. The molecule has 0 spiro atoms. The second kappa shape index (κ2) is 10.2. The average Bonchev–Trinajstić information content (AvgIpc) is 3.34. The van der Waals surface area contributed by atoms with Crippen molar-refractivity contribution in [1.82, 2.24) is 14.5 Å². The van der Waals surface area contributed by atoms with Gasteiger partial charge >= 0.3 is 12.3 Å². The molecule has 190 valence electrons. The third-order valence-corrected chi connectivity index (χ3v) is 8.74. The third kappa shape index (κ3) is 5.89. The fourth-order valence-corrected chi connectivity index (χ4v) is 6.48. The molecule has 4 atom stereocenters. The molecule has 3 rings (SSSR count). The summed E-state index contributed by atoms with van der Waals surface area (Å²) >= 11 is 0. The minimum atomic E-state index is -4.63. The van der Waals surface area contributed by atoms with E-state index in [-0.39, 0.29) is 48.1 Å². The number of fused-ring (bicyclic) bond motifs is 1. The predicted molar refractivity (Wildman–Crippen MR) is 118 cm³/mol.